The van der Waals surface area contributed by atoms with Gasteiger partial charge in [0.1, 0.15) is 18.0 Å². The number of hydrogen-bond donors (Lipinski definition) is 2. The molecule has 8 heteroatoms. The molecule has 0 bridgehead atoms. The number of amides is 2. The van der Waals surface area contributed by atoms with Crippen LogP contribution in [0, 0.1) is 6.92 Å². The second-order valence-electron chi connectivity index (χ2n) is 7.93. The molecule has 5 aromatic rings. The Kier molecular flexibility index (Phi) is 6.28. The first-order chi connectivity index (χ1) is 17.0. The van der Waals surface area contributed by atoms with E-state index in [9.17, 15) is 9.59 Å². The van der Waals surface area contributed by atoms with E-state index in [0.717, 1.165) is 16.9 Å². The Bertz CT molecular complexity index is 1490. The summed E-state index contributed by atoms with van der Waals surface area (Å²) in [7, 11) is 0. The Morgan fingerprint density at radius 1 is 0.943 bits per heavy atom. The Morgan fingerprint density at radius 3 is 2.43 bits per heavy atom. The van der Waals surface area contributed by atoms with Gasteiger partial charge in [0.05, 0.1) is 10.6 Å². The van der Waals surface area contributed by atoms with Crippen LogP contribution in [-0.2, 0) is 6.61 Å². The lowest BCUT2D eigenvalue weighted by molar-refractivity contribution is 0.102. The Labute approximate surface area is 206 Å². The van der Waals surface area contributed by atoms with E-state index in [-0.39, 0.29) is 11.8 Å². The summed E-state index contributed by atoms with van der Waals surface area (Å²) < 4.78 is 7.83. The molecule has 0 spiro atoms. The van der Waals surface area contributed by atoms with Crippen LogP contribution in [0.1, 0.15) is 31.3 Å². The van der Waals surface area contributed by atoms with Crippen molar-refractivity contribution in [1.29, 1.82) is 0 Å². The predicted molar refractivity (Wildman–Crippen MR) is 137 cm³/mol. The average Bonchev–Trinajstić information content (AvgIpc) is 3.54. The van der Waals surface area contributed by atoms with Crippen LogP contribution >= 0.6 is 11.3 Å². The average molecular weight is 483 g/mol. The Hall–Kier alpha value is -4.43. The summed E-state index contributed by atoms with van der Waals surface area (Å²) in [5, 5.41) is 7.55. The number of benzene rings is 2. The largest absolute Gasteiger partial charge is 0.487 e. The van der Waals surface area contributed by atoms with E-state index < -0.39 is 0 Å². The van der Waals surface area contributed by atoms with Crippen LogP contribution in [-0.4, -0.2) is 21.2 Å². The number of rotatable bonds is 7. The number of fused-ring (bicyclic) bond motifs is 1. The first kappa shape index (κ1) is 22.4. The van der Waals surface area contributed by atoms with Crippen molar-refractivity contribution in [1.82, 2.24) is 9.38 Å². The maximum absolute atomic E-state index is 12.7. The zero-order chi connectivity index (χ0) is 24.2. The molecule has 2 aromatic carbocycles. The molecule has 5 rings (SSSR count). The summed E-state index contributed by atoms with van der Waals surface area (Å²) in [5.41, 5.74) is 4.52. The number of nitrogens with one attached hydrogen (secondary N) is 2. The molecule has 0 aliphatic carbocycles. The number of thiophene rings is 1. The summed E-state index contributed by atoms with van der Waals surface area (Å²) in [6.45, 7) is 2.35. The SMILES string of the molecule is Cc1cccn2cc(COc3ccc(C(=O)Nc4cccc(NC(=O)c5cccs5)c4)cc3)nc12. The van der Waals surface area contributed by atoms with Gasteiger partial charge in [-0.3, -0.25) is 9.59 Å². The number of aryl methyl sites for hydroxylation is 1. The van der Waals surface area contributed by atoms with Gasteiger partial charge < -0.3 is 19.8 Å². The Morgan fingerprint density at radius 2 is 1.71 bits per heavy atom. The lowest BCUT2D eigenvalue weighted by Gasteiger charge is -2.09. The molecule has 0 radical (unpaired) electrons. The van der Waals surface area contributed by atoms with E-state index in [1.165, 1.54) is 11.3 Å². The van der Waals surface area contributed by atoms with Crippen molar-refractivity contribution in [3.8, 4) is 5.75 Å². The topological polar surface area (TPSA) is 84.7 Å². The maximum atomic E-state index is 12.7. The van der Waals surface area contributed by atoms with Crippen molar-refractivity contribution in [2.75, 3.05) is 10.6 Å². The maximum Gasteiger partial charge on any atom is 0.265 e. The highest BCUT2D eigenvalue weighted by Gasteiger charge is 2.10. The number of imidazole rings is 1. The van der Waals surface area contributed by atoms with Crippen LogP contribution in [0.3, 0.4) is 0 Å². The van der Waals surface area contributed by atoms with Gasteiger partial charge >= 0.3 is 0 Å². The number of carbonyl (C=O) groups excluding carboxylic acids is 2. The number of nitrogens with zero attached hydrogens (tertiary/aromatic N) is 2. The standard InChI is InChI=1S/C27H22N4O3S/c1-18-5-3-13-31-16-22(28-25(18)31)17-34-23-11-9-19(10-12-23)26(32)29-20-6-2-7-21(15-20)30-27(33)24-8-4-14-35-24/h2-16H,17H2,1H3,(H,29,32)(H,30,33). The lowest BCUT2D eigenvalue weighted by Crippen LogP contribution is -2.13. The molecule has 7 nitrogen and oxygen atoms in total. The quantitative estimate of drug-likeness (QED) is 0.308. The van der Waals surface area contributed by atoms with Gasteiger partial charge in [-0.2, -0.15) is 0 Å². The van der Waals surface area contributed by atoms with Crippen molar-refractivity contribution in [2.24, 2.45) is 0 Å². The van der Waals surface area contributed by atoms with Gasteiger partial charge in [0, 0.05) is 29.3 Å². The highest BCUT2D eigenvalue weighted by Crippen LogP contribution is 2.20. The van der Waals surface area contributed by atoms with Gasteiger partial charge in [-0.1, -0.05) is 18.2 Å². The van der Waals surface area contributed by atoms with Crippen LogP contribution in [0.25, 0.3) is 5.65 Å². The van der Waals surface area contributed by atoms with Crippen molar-refractivity contribution < 1.29 is 14.3 Å². The summed E-state index contributed by atoms with van der Waals surface area (Å²) in [6, 6.07) is 21.6. The van der Waals surface area contributed by atoms with Gasteiger partial charge in [0.15, 0.2) is 0 Å². The molecule has 3 aromatic heterocycles. The molecule has 3 heterocycles. The minimum absolute atomic E-state index is 0.183. The summed E-state index contributed by atoms with van der Waals surface area (Å²) in [6.07, 6.45) is 3.90. The number of ether oxygens (including phenoxy) is 1. The van der Waals surface area contributed by atoms with Crippen LogP contribution in [0.2, 0.25) is 0 Å². The first-order valence-corrected chi connectivity index (χ1v) is 11.9. The summed E-state index contributed by atoms with van der Waals surface area (Å²) in [4.78, 5) is 30.2. The molecule has 2 amide bonds. The van der Waals surface area contributed by atoms with Crippen LogP contribution in [0.15, 0.2) is 90.6 Å². The van der Waals surface area contributed by atoms with Crippen molar-refractivity contribution in [3.05, 3.63) is 112 Å². The first-order valence-electron chi connectivity index (χ1n) is 11.0. The molecule has 0 aliphatic rings. The molecular formula is C27H22N4O3S. The highest BCUT2D eigenvalue weighted by molar-refractivity contribution is 7.12. The molecule has 0 fully saturated rings. The molecule has 0 saturated carbocycles. The fourth-order valence-corrected chi connectivity index (χ4v) is 4.23. The zero-order valence-corrected chi connectivity index (χ0v) is 19.7. The fraction of sp³-hybridized carbons (Fsp3) is 0.0741. The lowest BCUT2D eigenvalue weighted by atomic mass is 10.2. The van der Waals surface area contributed by atoms with E-state index >= 15 is 0 Å². The van der Waals surface area contributed by atoms with Crippen LogP contribution in [0.5, 0.6) is 5.75 Å². The third-order valence-corrected chi connectivity index (χ3v) is 6.22. The molecule has 35 heavy (non-hydrogen) atoms. The van der Waals surface area contributed by atoms with Crippen molar-refractivity contribution in [3.63, 3.8) is 0 Å². The van der Waals surface area contributed by atoms with Crippen molar-refractivity contribution >= 4 is 40.2 Å². The van der Waals surface area contributed by atoms with Crippen molar-refractivity contribution in [2.45, 2.75) is 13.5 Å². The smallest absolute Gasteiger partial charge is 0.265 e. The zero-order valence-electron chi connectivity index (χ0n) is 18.9. The van der Waals surface area contributed by atoms with E-state index in [1.807, 2.05) is 47.3 Å². The minimum atomic E-state index is -0.255. The molecule has 0 unspecified atom stereocenters. The second-order valence-corrected chi connectivity index (χ2v) is 8.88. The Balaban J connectivity index is 1.19. The highest BCUT2D eigenvalue weighted by atomic mass is 32.1. The summed E-state index contributed by atoms with van der Waals surface area (Å²) >= 11 is 1.37. The number of carbonyl (C=O) groups is 2. The molecule has 0 saturated heterocycles. The fourth-order valence-electron chi connectivity index (χ4n) is 3.61. The minimum Gasteiger partial charge on any atom is -0.487 e. The van der Waals surface area contributed by atoms with E-state index in [0.29, 0.717) is 34.2 Å². The number of anilines is 2. The van der Waals surface area contributed by atoms with E-state index in [4.69, 9.17) is 4.74 Å². The van der Waals surface area contributed by atoms with Gasteiger partial charge in [-0.05, 0) is 72.5 Å². The van der Waals surface area contributed by atoms with Crippen LogP contribution < -0.4 is 15.4 Å². The van der Waals surface area contributed by atoms with Gasteiger partial charge in [-0.25, -0.2) is 4.98 Å². The molecular weight excluding hydrogens is 460 g/mol. The third kappa shape index (κ3) is 5.23. The predicted octanol–water partition coefficient (Wildman–Crippen LogP) is 5.79. The second kappa shape index (κ2) is 9.82. The van der Waals surface area contributed by atoms with Crippen LogP contribution in [0.4, 0.5) is 11.4 Å². The number of pyridine rings is 1. The van der Waals surface area contributed by atoms with E-state index in [2.05, 4.69) is 15.6 Å². The van der Waals surface area contributed by atoms with Gasteiger partial charge in [0.2, 0.25) is 0 Å². The van der Waals surface area contributed by atoms with Gasteiger partial charge in [-0.15, -0.1) is 11.3 Å². The summed E-state index contributed by atoms with van der Waals surface area (Å²) in [5.74, 6) is 0.209. The molecule has 0 atom stereocenters. The molecule has 0 aliphatic heterocycles. The molecule has 174 valence electrons. The van der Waals surface area contributed by atoms with E-state index in [1.54, 1.807) is 54.6 Å². The number of aromatic nitrogens is 2. The molecule has 2 N–H and O–H groups in total. The number of hydrogen-bond acceptors (Lipinski definition) is 5. The monoisotopic (exact) mass is 482 g/mol. The van der Waals surface area contributed by atoms with Gasteiger partial charge in [0.25, 0.3) is 11.8 Å². The third-order valence-electron chi connectivity index (χ3n) is 5.35. The normalized spacial score (nSPS) is 10.8.